The summed E-state index contributed by atoms with van der Waals surface area (Å²) in [5, 5.41) is 13.7. The fourth-order valence-corrected chi connectivity index (χ4v) is 2.29. The van der Waals surface area contributed by atoms with E-state index in [4.69, 9.17) is 9.84 Å². The molecule has 0 bridgehead atoms. The van der Waals surface area contributed by atoms with E-state index in [0.29, 0.717) is 17.7 Å². The number of amides is 2. The van der Waals surface area contributed by atoms with Gasteiger partial charge in [0.15, 0.2) is 11.6 Å². The third kappa shape index (κ3) is 7.06. The SMILES string of the molecule is O=C(O)CCNC(=O)c1ccc(NC(=O)CCCOc2ccccc2F)cc1. The lowest BCUT2D eigenvalue weighted by atomic mass is 10.2. The van der Waals surface area contributed by atoms with E-state index in [1.165, 1.54) is 24.3 Å². The molecule has 0 fully saturated rings. The molecular weight excluding hydrogens is 367 g/mol. The van der Waals surface area contributed by atoms with Crippen LogP contribution in [-0.2, 0) is 9.59 Å². The summed E-state index contributed by atoms with van der Waals surface area (Å²) in [5.74, 6) is -1.89. The lowest BCUT2D eigenvalue weighted by Gasteiger charge is -2.08. The second-order valence-electron chi connectivity index (χ2n) is 5.91. The molecule has 0 aromatic heterocycles. The lowest BCUT2D eigenvalue weighted by molar-refractivity contribution is -0.136. The summed E-state index contributed by atoms with van der Waals surface area (Å²) in [5.41, 5.74) is 0.892. The van der Waals surface area contributed by atoms with E-state index in [2.05, 4.69) is 10.6 Å². The molecule has 0 aliphatic heterocycles. The third-order valence-corrected chi connectivity index (χ3v) is 3.70. The molecule has 2 amide bonds. The molecule has 7 nitrogen and oxygen atoms in total. The number of hydrogen-bond donors (Lipinski definition) is 3. The van der Waals surface area contributed by atoms with Crippen molar-refractivity contribution in [3.05, 3.63) is 59.9 Å². The van der Waals surface area contributed by atoms with Crippen molar-refractivity contribution in [3.63, 3.8) is 0 Å². The number of carbonyl (C=O) groups is 3. The Balaban J connectivity index is 1.71. The normalized spacial score (nSPS) is 10.2. The van der Waals surface area contributed by atoms with Crippen LogP contribution in [0.15, 0.2) is 48.5 Å². The molecule has 28 heavy (non-hydrogen) atoms. The van der Waals surface area contributed by atoms with Crippen LogP contribution in [-0.4, -0.2) is 36.0 Å². The predicted molar refractivity (Wildman–Crippen MR) is 101 cm³/mol. The van der Waals surface area contributed by atoms with Crippen molar-refractivity contribution in [1.29, 1.82) is 0 Å². The summed E-state index contributed by atoms with van der Waals surface area (Å²) in [7, 11) is 0. The zero-order valence-corrected chi connectivity index (χ0v) is 15.1. The highest BCUT2D eigenvalue weighted by molar-refractivity contribution is 5.95. The van der Waals surface area contributed by atoms with E-state index in [1.807, 2.05) is 0 Å². The largest absolute Gasteiger partial charge is 0.491 e. The maximum absolute atomic E-state index is 13.4. The number of halogens is 1. The van der Waals surface area contributed by atoms with Gasteiger partial charge in [0.1, 0.15) is 0 Å². The van der Waals surface area contributed by atoms with Crippen LogP contribution in [0, 0.1) is 5.82 Å². The van der Waals surface area contributed by atoms with E-state index >= 15 is 0 Å². The number of carboxylic acids is 1. The van der Waals surface area contributed by atoms with Gasteiger partial charge in [0.05, 0.1) is 13.0 Å². The topological polar surface area (TPSA) is 105 Å². The van der Waals surface area contributed by atoms with Gasteiger partial charge in [0.2, 0.25) is 5.91 Å². The molecule has 0 spiro atoms. The van der Waals surface area contributed by atoms with Crippen molar-refractivity contribution in [1.82, 2.24) is 5.32 Å². The number of nitrogens with one attached hydrogen (secondary N) is 2. The number of carboxylic acid groups (broad SMARTS) is 1. The highest BCUT2D eigenvalue weighted by atomic mass is 19.1. The Labute approximate surface area is 161 Å². The molecule has 0 aliphatic carbocycles. The van der Waals surface area contributed by atoms with Crippen LogP contribution in [0.3, 0.4) is 0 Å². The average Bonchev–Trinajstić information content (AvgIpc) is 2.66. The number of benzene rings is 2. The molecule has 0 saturated heterocycles. The number of anilines is 1. The quantitative estimate of drug-likeness (QED) is 0.543. The first-order valence-electron chi connectivity index (χ1n) is 8.73. The van der Waals surface area contributed by atoms with Gasteiger partial charge in [0.25, 0.3) is 5.91 Å². The average molecular weight is 388 g/mol. The Bertz CT molecular complexity index is 824. The molecule has 148 valence electrons. The van der Waals surface area contributed by atoms with Crippen LogP contribution in [0.5, 0.6) is 5.75 Å². The van der Waals surface area contributed by atoms with E-state index in [0.717, 1.165) is 0 Å². The van der Waals surface area contributed by atoms with Gasteiger partial charge < -0.3 is 20.5 Å². The van der Waals surface area contributed by atoms with Gasteiger partial charge in [-0.15, -0.1) is 0 Å². The first kappa shape index (κ1) is 20.9. The van der Waals surface area contributed by atoms with E-state index in [9.17, 15) is 18.8 Å². The summed E-state index contributed by atoms with van der Waals surface area (Å²) < 4.78 is 18.7. The standard InChI is InChI=1S/C20H21FN2O5/c21-16-4-1-2-5-17(16)28-13-3-6-18(24)23-15-9-7-14(8-10-15)20(27)22-12-11-19(25)26/h1-2,4-5,7-10H,3,6,11-13H2,(H,22,27)(H,23,24)(H,25,26). The molecular formula is C20H21FN2O5. The van der Waals surface area contributed by atoms with E-state index in [-0.39, 0.29) is 43.6 Å². The Morgan fingerprint density at radius 1 is 1.00 bits per heavy atom. The Morgan fingerprint density at radius 3 is 2.39 bits per heavy atom. The van der Waals surface area contributed by atoms with Crippen molar-refractivity contribution in [2.24, 2.45) is 0 Å². The van der Waals surface area contributed by atoms with Crippen LogP contribution in [0.2, 0.25) is 0 Å². The van der Waals surface area contributed by atoms with Gasteiger partial charge >= 0.3 is 5.97 Å². The maximum atomic E-state index is 13.4. The maximum Gasteiger partial charge on any atom is 0.305 e. The van der Waals surface area contributed by atoms with E-state index in [1.54, 1.807) is 24.3 Å². The van der Waals surface area contributed by atoms with Crippen LogP contribution in [0.4, 0.5) is 10.1 Å². The number of rotatable bonds is 10. The molecule has 0 radical (unpaired) electrons. The Kier molecular flexibility index (Phi) is 7.95. The number of para-hydroxylation sites is 1. The van der Waals surface area contributed by atoms with Gasteiger partial charge in [-0.05, 0) is 42.8 Å². The summed E-state index contributed by atoms with van der Waals surface area (Å²) >= 11 is 0. The molecule has 0 unspecified atom stereocenters. The molecule has 8 heteroatoms. The second kappa shape index (κ2) is 10.7. The zero-order valence-electron chi connectivity index (χ0n) is 15.1. The summed E-state index contributed by atoms with van der Waals surface area (Å²) in [6, 6.07) is 12.3. The number of carbonyl (C=O) groups excluding carboxylic acids is 2. The van der Waals surface area contributed by atoms with E-state index < -0.39 is 11.8 Å². The Hall–Kier alpha value is -3.42. The van der Waals surface area contributed by atoms with Crippen LogP contribution in [0.25, 0.3) is 0 Å². The molecule has 3 N–H and O–H groups in total. The fourth-order valence-electron chi connectivity index (χ4n) is 2.29. The third-order valence-electron chi connectivity index (χ3n) is 3.70. The van der Waals surface area contributed by atoms with Crippen LogP contribution < -0.4 is 15.4 Å². The smallest absolute Gasteiger partial charge is 0.305 e. The lowest BCUT2D eigenvalue weighted by Crippen LogP contribution is -2.25. The molecule has 2 aromatic carbocycles. The van der Waals surface area contributed by atoms with Crippen molar-refractivity contribution in [2.75, 3.05) is 18.5 Å². The first-order valence-corrected chi connectivity index (χ1v) is 8.73. The minimum atomic E-state index is -0.988. The van der Waals surface area contributed by atoms with Crippen molar-refractivity contribution >= 4 is 23.5 Å². The van der Waals surface area contributed by atoms with Gasteiger partial charge in [-0.1, -0.05) is 12.1 Å². The summed E-state index contributed by atoms with van der Waals surface area (Å²) in [6.07, 6.45) is 0.469. The highest BCUT2D eigenvalue weighted by Crippen LogP contribution is 2.16. The van der Waals surface area contributed by atoms with Gasteiger partial charge in [-0.2, -0.15) is 0 Å². The second-order valence-corrected chi connectivity index (χ2v) is 5.91. The van der Waals surface area contributed by atoms with Crippen molar-refractivity contribution in [3.8, 4) is 5.75 Å². The Morgan fingerprint density at radius 2 is 1.71 bits per heavy atom. The molecule has 0 saturated carbocycles. The predicted octanol–water partition coefficient (Wildman–Crippen LogP) is 2.83. The number of hydrogen-bond acceptors (Lipinski definition) is 4. The molecule has 2 aromatic rings. The number of ether oxygens (including phenoxy) is 1. The zero-order chi connectivity index (χ0) is 20.4. The summed E-state index contributed by atoms with van der Waals surface area (Å²) in [6.45, 7) is 0.255. The van der Waals surface area contributed by atoms with Crippen LogP contribution in [0.1, 0.15) is 29.6 Å². The van der Waals surface area contributed by atoms with Gasteiger partial charge in [-0.25, -0.2) is 4.39 Å². The highest BCUT2D eigenvalue weighted by Gasteiger charge is 2.08. The molecule has 0 aliphatic rings. The van der Waals surface area contributed by atoms with Crippen LogP contribution >= 0.6 is 0 Å². The molecule has 0 heterocycles. The first-order chi connectivity index (χ1) is 13.5. The minimum Gasteiger partial charge on any atom is -0.491 e. The minimum absolute atomic E-state index is 0.0433. The summed E-state index contributed by atoms with van der Waals surface area (Å²) in [4.78, 5) is 34.2. The van der Waals surface area contributed by atoms with Crippen molar-refractivity contribution < 1.29 is 28.6 Å². The molecule has 0 atom stereocenters. The number of aliphatic carboxylic acids is 1. The van der Waals surface area contributed by atoms with Crippen molar-refractivity contribution in [2.45, 2.75) is 19.3 Å². The molecule has 2 rings (SSSR count). The monoisotopic (exact) mass is 388 g/mol. The van der Waals surface area contributed by atoms with Gasteiger partial charge in [-0.3, -0.25) is 14.4 Å². The van der Waals surface area contributed by atoms with Gasteiger partial charge in [0, 0.05) is 24.2 Å². The fraction of sp³-hybridized carbons (Fsp3) is 0.250.